The summed E-state index contributed by atoms with van der Waals surface area (Å²) in [4.78, 5) is 14.5. The van der Waals surface area contributed by atoms with Gasteiger partial charge in [0.2, 0.25) is 11.8 Å². The maximum absolute atomic E-state index is 12.8. The number of rotatable bonds is 3. The summed E-state index contributed by atoms with van der Waals surface area (Å²) in [7, 11) is 1.53. The minimum atomic E-state index is -0.444. The van der Waals surface area contributed by atoms with E-state index in [1.165, 1.54) is 7.11 Å². The first-order valence-corrected chi connectivity index (χ1v) is 7.93. The van der Waals surface area contributed by atoms with Crippen LogP contribution in [-0.4, -0.2) is 47.3 Å². The van der Waals surface area contributed by atoms with E-state index in [4.69, 9.17) is 25.5 Å². The first-order chi connectivity index (χ1) is 11.5. The standard InChI is InChI=1S/C16H18ClN3O4/c1-9-7-20(8-14(23-9)15-19-18-10(2)24-15)16(21)11-4-12(17)6-13(5-11)22-3/h4-6,9,14H,7-8H2,1-3H3/t9-,14-/m1/s1. The van der Waals surface area contributed by atoms with Crippen molar-refractivity contribution < 1.29 is 18.7 Å². The molecule has 1 amide bonds. The number of carbonyl (C=O) groups is 1. The van der Waals surface area contributed by atoms with Gasteiger partial charge < -0.3 is 18.8 Å². The molecule has 0 bridgehead atoms. The second-order valence-corrected chi connectivity index (χ2v) is 6.12. The normalized spacial score (nSPS) is 20.9. The lowest BCUT2D eigenvalue weighted by Crippen LogP contribution is -2.46. The molecule has 24 heavy (non-hydrogen) atoms. The van der Waals surface area contributed by atoms with Gasteiger partial charge in [0.25, 0.3) is 5.91 Å². The number of aromatic nitrogens is 2. The average molecular weight is 352 g/mol. The lowest BCUT2D eigenvalue weighted by atomic mass is 10.1. The van der Waals surface area contributed by atoms with Crippen molar-refractivity contribution in [3.63, 3.8) is 0 Å². The number of carbonyl (C=O) groups excluding carboxylic acids is 1. The molecule has 7 nitrogen and oxygen atoms in total. The van der Waals surface area contributed by atoms with E-state index in [0.29, 0.717) is 41.2 Å². The monoisotopic (exact) mass is 351 g/mol. The van der Waals surface area contributed by atoms with Crippen LogP contribution in [0.15, 0.2) is 22.6 Å². The predicted molar refractivity (Wildman–Crippen MR) is 86.2 cm³/mol. The van der Waals surface area contributed by atoms with Gasteiger partial charge in [-0.1, -0.05) is 11.6 Å². The largest absolute Gasteiger partial charge is 0.497 e. The molecule has 2 atom stereocenters. The van der Waals surface area contributed by atoms with Crippen LogP contribution in [0.3, 0.4) is 0 Å². The Morgan fingerprint density at radius 1 is 1.33 bits per heavy atom. The summed E-state index contributed by atoms with van der Waals surface area (Å²) in [5, 5.41) is 8.25. The van der Waals surface area contributed by atoms with Gasteiger partial charge in [-0.05, 0) is 25.1 Å². The molecule has 3 rings (SSSR count). The topological polar surface area (TPSA) is 77.7 Å². The van der Waals surface area contributed by atoms with Gasteiger partial charge in [0, 0.05) is 24.1 Å². The molecule has 1 aliphatic heterocycles. The number of morpholine rings is 1. The van der Waals surface area contributed by atoms with Crippen LogP contribution in [0.1, 0.15) is 35.2 Å². The van der Waals surface area contributed by atoms with E-state index < -0.39 is 6.10 Å². The van der Waals surface area contributed by atoms with Crippen molar-refractivity contribution in [1.29, 1.82) is 0 Å². The Balaban J connectivity index is 1.82. The Kier molecular flexibility index (Phi) is 4.73. The smallest absolute Gasteiger partial charge is 0.254 e. The Hall–Kier alpha value is -2.12. The number of halogens is 1. The SMILES string of the molecule is COc1cc(Cl)cc(C(=O)N2C[C@@H](C)O[C@@H](c3nnc(C)o3)C2)c1. The molecule has 0 N–H and O–H groups in total. The molecular weight excluding hydrogens is 334 g/mol. The number of hydrogen-bond donors (Lipinski definition) is 0. The summed E-state index contributed by atoms with van der Waals surface area (Å²) < 4.78 is 16.4. The van der Waals surface area contributed by atoms with Gasteiger partial charge >= 0.3 is 0 Å². The maximum Gasteiger partial charge on any atom is 0.254 e. The molecule has 2 aromatic rings. The van der Waals surface area contributed by atoms with Gasteiger partial charge in [-0.2, -0.15) is 0 Å². The zero-order valence-corrected chi connectivity index (χ0v) is 14.4. The number of aryl methyl sites for hydroxylation is 1. The molecule has 0 aliphatic carbocycles. The van der Waals surface area contributed by atoms with Gasteiger partial charge in [-0.15, -0.1) is 10.2 Å². The van der Waals surface area contributed by atoms with Crippen LogP contribution in [0.2, 0.25) is 5.02 Å². The highest BCUT2D eigenvalue weighted by atomic mass is 35.5. The zero-order valence-electron chi connectivity index (χ0n) is 13.7. The summed E-state index contributed by atoms with van der Waals surface area (Å²) >= 11 is 6.06. The summed E-state index contributed by atoms with van der Waals surface area (Å²) in [6.07, 6.45) is -0.596. The molecule has 1 fully saturated rings. The van der Waals surface area contributed by atoms with Crippen LogP contribution >= 0.6 is 11.6 Å². The fourth-order valence-electron chi connectivity index (χ4n) is 2.68. The molecule has 0 radical (unpaired) electrons. The molecule has 8 heteroatoms. The molecule has 1 aliphatic rings. The van der Waals surface area contributed by atoms with Gasteiger partial charge in [0.05, 0.1) is 19.8 Å². The van der Waals surface area contributed by atoms with E-state index in [9.17, 15) is 4.79 Å². The zero-order chi connectivity index (χ0) is 17.3. The molecule has 1 aromatic carbocycles. The van der Waals surface area contributed by atoms with Crippen molar-refractivity contribution >= 4 is 17.5 Å². The molecule has 1 aromatic heterocycles. The second kappa shape index (κ2) is 6.78. The highest BCUT2D eigenvalue weighted by molar-refractivity contribution is 6.31. The van der Waals surface area contributed by atoms with Crippen LogP contribution in [0.5, 0.6) is 5.75 Å². The van der Waals surface area contributed by atoms with Crippen LogP contribution in [0.25, 0.3) is 0 Å². The fraction of sp³-hybridized carbons (Fsp3) is 0.438. The van der Waals surface area contributed by atoms with E-state index in [-0.39, 0.29) is 12.0 Å². The molecule has 2 heterocycles. The highest BCUT2D eigenvalue weighted by Crippen LogP contribution is 2.27. The van der Waals surface area contributed by atoms with Crippen molar-refractivity contribution in [3.8, 4) is 5.75 Å². The summed E-state index contributed by atoms with van der Waals surface area (Å²) in [6, 6.07) is 4.95. The molecule has 1 saturated heterocycles. The number of methoxy groups -OCH3 is 1. The number of hydrogen-bond acceptors (Lipinski definition) is 6. The number of nitrogens with zero attached hydrogens (tertiary/aromatic N) is 3. The number of benzene rings is 1. The molecule has 0 unspecified atom stereocenters. The van der Waals surface area contributed by atoms with Crippen molar-refractivity contribution in [2.24, 2.45) is 0 Å². The van der Waals surface area contributed by atoms with Gasteiger partial charge in [-0.3, -0.25) is 4.79 Å². The van der Waals surface area contributed by atoms with E-state index in [2.05, 4.69) is 10.2 Å². The third-order valence-corrected chi connectivity index (χ3v) is 3.94. The molecule has 0 saturated carbocycles. The number of amides is 1. The van der Waals surface area contributed by atoms with E-state index in [0.717, 1.165) is 0 Å². The van der Waals surface area contributed by atoms with Crippen molar-refractivity contribution in [2.75, 3.05) is 20.2 Å². The highest BCUT2D eigenvalue weighted by Gasteiger charge is 2.33. The molecule has 0 spiro atoms. The maximum atomic E-state index is 12.8. The van der Waals surface area contributed by atoms with E-state index in [1.54, 1.807) is 30.0 Å². The average Bonchev–Trinajstić information content (AvgIpc) is 2.99. The summed E-state index contributed by atoms with van der Waals surface area (Å²) in [5.74, 6) is 1.23. The predicted octanol–water partition coefficient (Wildman–Crippen LogP) is 2.64. The quantitative estimate of drug-likeness (QED) is 0.846. The van der Waals surface area contributed by atoms with Crippen molar-refractivity contribution in [2.45, 2.75) is 26.1 Å². The Bertz CT molecular complexity index is 749. The van der Waals surface area contributed by atoms with Crippen molar-refractivity contribution in [1.82, 2.24) is 15.1 Å². The minimum absolute atomic E-state index is 0.146. The third-order valence-electron chi connectivity index (χ3n) is 3.72. The molecular formula is C16H18ClN3O4. The third kappa shape index (κ3) is 3.52. The van der Waals surface area contributed by atoms with Gasteiger partial charge in [-0.25, -0.2) is 0 Å². The first kappa shape index (κ1) is 16.7. The molecule has 128 valence electrons. The Labute approximate surface area is 144 Å². The van der Waals surface area contributed by atoms with Gasteiger partial charge in [0.15, 0.2) is 6.10 Å². The Morgan fingerprint density at radius 2 is 2.12 bits per heavy atom. The van der Waals surface area contributed by atoms with Crippen LogP contribution in [0, 0.1) is 6.92 Å². The van der Waals surface area contributed by atoms with Crippen LogP contribution in [0.4, 0.5) is 0 Å². The lowest BCUT2D eigenvalue weighted by Gasteiger charge is -2.35. The van der Waals surface area contributed by atoms with Crippen LogP contribution < -0.4 is 4.74 Å². The van der Waals surface area contributed by atoms with Crippen LogP contribution in [-0.2, 0) is 4.74 Å². The summed E-state index contributed by atoms with van der Waals surface area (Å²) in [5.41, 5.74) is 0.467. The van der Waals surface area contributed by atoms with E-state index in [1.807, 2.05) is 6.92 Å². The first-order valence-electron chi connectivity index (χ1n) is 7.55. The van der Waals surface area contributed by atoms with Crippen molar-refractivity contribution in [3.05, 3.63) is 40.6 Å². The second-order valence-electron chi connectivity index (χ2n) is 5.68. The summed E-state index contributed by atoms with van der Waals surface area (Å²) in [6.45, 7) is 4.41. The minimum Gasteiger partial charge on any atom is -0.497 e. The fourth-order valence-corrected chi connectivity index (χ4v) is 2.91. The Morgan fingerprint density at radius 3 is 2.79 bits per heavy atom. The number of ether oxygens (including phenoxy) is 2. The van der Waals surface area contributed by atoms with Gasteiger partial charge in [0.1, 0.15) is 5.75 Å². The van der Waals surface area contributed by atoms with E-state index >= 15 is 0 Å². The lowest BCUT2D eigenvalue weighted by molar-refractivity contribution is -0.0796.